The molecule has 3 aromatic carbocycles. The summed E-state index contributed by atoms with van der Waals surface area (Å²) in [6.07, 6.45) is 0. The first kappa shape index (κ1) is 20.0. The van der Waals surface area contributed by atoms with Gasteiger partial charge in [0.15, 0.2) is 15.5 Å². The van der Waals surface area contributed by atoms with Crippen LogP contribution in [-0.2, 0) is 22.2 Å². The molecule has 160 valence electrons. The summed E-state index contributed by atoms with van der Waals surface area (Å²) >= 11 is 0. The van der Waals surface area contributed by atoms with E-state index >= 15 is 0 Å². The Morgan fingerprint density at radius 2 is 1.75 bits per heavy atom. The van der Waals surface area contributed by atoms with E-state index in [2.05, 4.69) is 5.10 Å². The molecule has 0 fully saturated rings. The van der Waals surface area contributed by atoms with Crippen molar-refractivity contribution in [2.24, 2.45) is 0 Å². The molecule has 8 heteroatoms. The van der Waals surface area contributed by atoms with E-state index in [4.69, 9.17) is 4.74 Å². The van der Waals surface area contributed by atoms with Crippen molar-refractivity contribution >= 4 is 15.8 Å². The van der Waals surface area contributed by atoms with Gasteiger partial charge in [-0.15, -0.1) is 0 Å². The van der Waals surface area contributed by atoms with Crippen LogP contribution in [0.15, 0.2) is 83.8 Å². The van der Waals surface area contributed by atoms with Crippen molar-refractivity contribution in [2.45, 2.75) is 17.3 Å². The van der Waals surface area contributed by atoms with Gasteiger partial charge < -0.3 is 9.84 Å². The molecule has 0 atom stereocenters. The van der Waals surface area contributed by atoms with Crippen LogP contribution in [0, 0.1) is 0 Å². The zero-order valence-electron chi connectivity index (χ0n) is 16.8. The minimum Gasteiger partial charge on any atom is -0.489 e. The average Bonchev–Trinajstić information content (AvgIpc) is 3.18. The van der Waals surface area contributed by atoms with Crippen molar-refractivity contribution in [2.75, 3.05) is 0 Å². The van der Waals surface area contributed by atoms with Gasteiger partial charge in [0.1, 0.15) is 12.4 Å². The number of ether oxygens (including phenoxy) is 1. The first-order chi connectivity index (χ1) is 15.4. The molecule has 0 radical (unpaired) electrons. The highest BCUT2D eigenvalue weighted by Gasteiger charge is 2.35. The van der Waals surface area contributed by atoms with Gasteiger partial charge in [-0.25, -0.2) is 17.9 Å². The molecule has 5 rings (SSSR count). The fourth-order valence-electron chi connectivity index (χ4n) is 3.87. The summed E-state index contributed by atoms with van der Waals surface area (Å²) in [5.74, 6) is -1.10. The van der Waals surface area contributed by atoms with Crippen LogP contribution in [0.25, 0.3) is 16.9 Å². The topological polar surface area (TPSA) is 98.5 Å². The molecule has 1 aromatic heterocycles. The van der Waals surface area contributed by atoms with Crippen LogP contribution in [-0.4, -0.2) is 29.3 Å². The Hall–Kier alpha value is -3.91. The second-order valence-electron chi connectivity index (χ2n) is 7.42. The second-order valence-corrected chi connectivity index (χ2v) is 9.38. The molecule has 4 aromatic rings. The van der Waals surface area contributed by atoms with E-state index in [0.717, 1.165) is 5.56 Å². The molecule has 1 N–H and O–H groups in total. The Balaban J connectivity index is 1.61. The molecule has 1 aliphatic rings. The van der Waals surface area contributed by atoms with E-state index < -0.39 is 21.6 Å². The van der Waals surface area contributed by atoms with Crippen molar-refractivity contribution < 1.29 is 23.1 Å². The summed E-state index contributed by atoms with van der Waals surface area (Å²) in [6.45, 7) is 0.378. The highest BCUT2D eigenvalue weighted by molar-refractivity contribution is 7.90. The van der Waals surface area contributed by atoms with Gasteiger partial charge >= 0.3 is 5.97 Å². The maximum Gasteiger partial charge on any atom is 0.356 e. The summed E-state index contributed by atoms with van der Waals surface area (Å²) in [5, 5.41) is 14.0. The summed E-state index contributed by atoms with van der Waals surface area (Å²) in [5.41, 5.74) is 2.41. The largest absolute Gasteiger partial charge is 0.489 e. The van der Waals surface area contributed by atoms with Crippen molar-refractivity contribution in [3.05, 3.63) is 95.7 Å². The Morgan fingerprint density at radius 3 is 2.53 bits per heavy atom. The van der Waals surface area contributed by atoms with E-state index in [1.54, 1.807) is 42.5 Å². The van der Waals surface area contributed by atoms with Crippen LogP contribution in [0.1, 0.15) is 21.6 Å². The predicted octanol–water partition coefficient (Wildman–Crippen LogP) is 4.10. The molecule has 0 bridgehead atoms. The predicted molar refractivity (Wildman–Crippen MR) is 118 cm³/mol. The number of fused-ring (bicyclic) bond motifs is 3. The minimum absolute atomic E-state index is 0.169. The maximum absolute atomic E-state index is 12.8. The highest BCUT2D eigenvalue weighted by atomic mass is 32.2. The van der Waals surface area contributed by atoms with Gasteiger partial charge in [0.05, 0.1) is 22.0 Å². The number of nitrogens with zero attached hydrogens (tertiary/aromatic N) is 2. The molecule has 32 heavy (non-hydrogen) atoms. The van der Waals surface area contributed by atoms with Crippen LogP contribution in [0.5, 0.6) is 5.75 Å². The SMILES string of the molecule is O=C(O)c1nn(-c2cccc(OCc3ccccc3)c2)c2c1CS(=O)(=O)c1ccccc1-2. The molecule has 0 saturated heterocycles. The third-order valence-electron chi connectivity index (χ3n) is 5.31. The average molecular weight is 446 g/mol. The summed E-state index contributed by atoms with van der Waals surface area (Å²) in [6, 6.07) is 23.4. The molecular weight excluding hydrogens is 428 g/mol. The Kier molecular flexibility index (Phi) is 4.79. The monoisotopic (exact) mass is 446 g/mol. The number of aromatic nitrogens is 2. The number of benzene rings is 3. The van der Waals surface area contributed by atoms with Gasteiger partial charge in [-0.2, -0.15) is 5.10 Å². The lowest BCUT2D eigenvalue weighted by atomic mass is 10.1. The number of carboxylic acids is 1. The van der Waals surface area contributed by atoms with Gasteiger partial charge in [0.2, 0.25) is 0 Å². The summed E-state index contributed by atoms with van der Waals surface area (Å²) in [4.78, 5) is 12.0. The van der Waals surface area contributed by atoms with Crippen LogP contribution in [0.2, 0.25) is 0 Å². The van der Waals surface area contributed by atoms with Crippen LogP contribution < -0.4 is 4.74 Å². The Bertz CT molecular complexity index is 1440. The van der Waals surface area contributed by atoms with Crippen LogP contribution >= 0.6 is 0 Å². The number of sulfone groups is 1. The normalized spacial score (nSPS) is 13.8. The van der Waals surface area contributed by atoms with Gasteiger partial charge in [0, 0.05) is 17.2 Å². The summed E-state index contributed by atoms with van der Waals surface area (Å²) in [7, 11) is -3.67. The van der Waals surface area contributed by atoms with E-state index in [1.807, 2.05) is 30.3 Å². The second kappa shape index (κ2) is 7.65. The lowest BCUT2D eigenvalue weighted by molar-refractivity contribution is 0.0689. The smallest absolute Gasteiger partial charge is 0.356 e. The van der Waals surface area contributed by atoms with Crippen molar-refractivity contribution in [1.29, 1.82) is 0 Å². The van der Waals surface area contributed by atoms with E-state index in [9.17, 15) is 18.3 Å². The lowest BCUT2D eigenvalue weighted by Gasteiger charge is -2.19. The van der Waals surface area contributed by atoms with E-state index in [1.165, 1.54) is 10.7 Å². The minimum atomic E-state index is -3.67. The van der Waals surface area contributed by atoms with Crippen molar-refractivity contribution in [1.82, 2.24) is 9.78 Å². The molecule has 0 aliphatic carbocycles. The van der Waals surface area contributed by atoms with E-state index in [-0.39, 0.29) is 16.2 Å². The number of carboxylic acid groups (broad SMARTS) is 1. The summed E-state index contributed by atoms with van der Waals surface area (Å²) < 4.78 is 33.0. The number of aromatic carboxylic acids is 1. The number of carbonyl (C=O) groups is 1. The van der Waals surface area contributed by atoms with Crippen LogP contribution in [0.4, 0.5) is 0 Å². The molecule has 2 heterocycles. The zero-order valence-corrected chi connectivity index (χ0v) is 17.6. The number of hydrogen-bond donors (Lipinski definition) is 1. The fraction of sp³-hybridized carbons (Fsp3) is 0.0833. The number of rotatable bonds is 5. The molecular formula is C24H18N2O5S. The third kappa shape index (κ3) is 3.44. The van der Waals surface area contributed by atoms with Gasteiger partial charge in [-0.3, -0.25) is 0 Å². The lowest BCUT2D eigenvalue weighted by Crippen LogP contribution is -2.15. The molecule has 0 saturated carbocycles. The molecule has 0 spiro atoms. The molecule has 0 unspecified atom stereocenters. The zero-order chi connectivity index (χ0) is 22.3. The quantitative estimate of drug-likeness (QED) is 0.496. The van der Waals surface area contributed by atoms with Crippen molar-refractivity contribution in [3.8, 4) is 22.7 Å². The first-order valence-corrected chi connectivity index (χ1v) is 11.5. The first-order valence-electron chi connectivity index (χ1n) is 9.88. The Morgan fingerprint density at radius 1 is 1.00 bits per heavy atom. The van der Waals surface area contributed by atoms with Gasteiger partial charge in [0.25, 0.3) is 0 Å². The van der Waals surface area contributed by atoms with Gasteiger partial charge in [-0.05, 0) is 23.8 Å². The van der Waals surface area contributed by atoms with Crippen LogP contribution in [0.3, 0.4) is 0 Å². The number of hydrogen-bond acceptors (Lipinski definition) is 5. The highest BCUT2D eigenvalue weighted by Crippen LogP contribution is 2.40. The Labute approximate surface area is 184 Å². The fourth-order valence-corrected chi connectivity index (χ4v) is 5.46. The molecule has 1 aliphatic heterocycles. The van der Waals surface area contributed by atoms with E-state index in [0.29, 0.717) is 29.3 Å². The van der Waals surface area contributed by atoms with Crippen molar-refractivity contribution in [3.63, 3.8) is 0 Å². The maximum atomic E-state index is 12.8. The molecule has 0 amide bonds. The molecule has 7 nitrogen and oxygen atoms in total. The van der Waals surface area contributed by atoms with Gasteiger partial charge in [-0.1, -0.05) is 54.6 Å². The standard InChI is InChI=1S/C24H18N2O5S/c27-24(28)22-20-15-32(29,30)21-12-5-4-11-19(21)23(20)26(25-22)17-9-6-10-18(13-17)31-14-16-7-2-1-3-8-16/h1-13H,14-15H2,(H,27,28). The third-order valence-corrected chi connectivity index (χ3v) is 7.00.